The molecule has 1 heterocycles. The van der Waals surface area contributed by atoms with Gasteiger partial charge < -0.3 is 5.32 Å². The van der Waals surface area contributed by atoms with Gasteiger partial charge in [0, 0.05) is 25.2 Å². The molecule has 90 valence electrons. The van der Waals surface area contributed by atoms with Crippen LogP contribution in [0.15, 0.2) is 0 Å². The second-order valence-electron chi connectivity index (χ2n) is 4.40. The predicted octanol–water partition coefficient (Wildman–Crippen LogP) is 0.798. The molecule has 1 rings (SSSR count). The van der Waals surface area contributed by atoms with Crippen LogP contribution in [0.25, 0.3) is 0 Å². The standard InChI is InChI=1S/C10H22N2O2S/c1-4-15(13,14)12-7-5-10(6-8-12)11-9(2)3/h9-11H,4-8H2,1-3H3. The predicted molar refractivity (Wildman–Crippen MR) is 62.3 cm³/mol. The summed E-state index contributed by atoms with van der Waals surface area (Å²) in [5.74, 6) is 0.218. The van der Waals surface area contributed by atoms with E-state index in [9.17, 15) is 8.42 Å². The molecule has 0 aromatic heterocycles. The summed E-state index contributed by atoms with van der Waals surface area (Å²) in [5.41, 5.74) is 0. The highest BCUT2D eigenvalue weighted by atomic mass is 32.2. The van der Waals surface area contributed by atoms with Crippen molar-refractivity contribution < 1.29 is 8.42 Å². The van der Waals surface area contributed by atoms with Gasteiger partial charge >= 0.3 is 0 Å². The first kappa shape index (κ1) is 12.9. The maximum atomic E-state index is 11.6. The van der Waals surface area contributed by atoms with Crippen molar-refractivity contribution in [3.05, 3.63) is 0 Å². The summed E-state index contributed by atoms with van der Waals surface area (Å²) in [5, 5.41) is 3.45. The van der Waals surface area contributed by atoms with Crippen LogP contribution in [0.1, 0.15) is 33.6 Å². The van der Waals surface area contributed by atoms with Crippen molar-refractivity contribution >= 4 is 10.0 Å². The van der Waals surface area contributed by atoms with Crippen molar-refractivity contribution in [1.82, 2.24) is 9.62 Å². The minimum absolute atomic E-state index is 0.218. The van der Waals surface area contributed by atoms with Crippen molar-refractivity contribution in [2.75, 3.05) is 18.8 Å². The van der Waals surface area contributed by atoms with E-state index in [-0.39, 0.29) is 5.75 Å². The number of sulfonamides is 1. The quantitative estimate of drug-likeness (QED) is 0.783. The van der Waals surface area contributed by atoms with Crippen molar-refractivity contribution in [2.45, 2.75) is 45.7 Å². The van der Waals surface area contributed by atoms with E-state index in [0.717, 1.165) is 12.8 Å². The summed E-state index contributed by atoms with van der Waals surface area (Å²) < 4.78 is 24.8. The monoisotopic (exact) mass is 234 g/mol. The molecule has 1 fully saturated rings. The number of nitrogens with one attached hydrogen (secondary N) is 1. The SMILES string of the molecule is CCS(=O)(=O)N1CCC(NC(C)C)CC1. The molecular formula is C10H22N2O2S. The van der Waals surface area contributed by atoms with Crippen LogP contribution in [0.5, 0.6) is 0 Å². The van der Waals surface area contributed by atoms with Crippen molar-refractivity contribution in [3.8, 4) is 0 Å². The topological polar surface area (TPSA) is 49.4 Å². The molecule has 0 atom stereocenters. The van der Waals surface area contributed by atoms with Gasteiger partial charge in [-0.15, -0.1) is 0 Å². The molecule has 0 radical (unpaired) electrons. The molecule has 1 aliphatic rings. The maximum absolute atomic E-state index is 11.6. The Labute approximate surface area is 93.1 Å². The van der Waals surface area contributed by atoms with Crippen LogP contribution in [0.4, 0.5) is 0 Å². The molecule has 0 saturated carbocycles. The Morgan fingerprint density at radius 2 is 1.87 bits per heavy atom. The maximum Gasteiger partial charge on any atom is 0.213 e. The molecule has 0 aromatic carbocycles. The zero-order chi connectivity index (χ0) is 11.5. The lowest BCUT2D eigenvalue weighted by atomic mass is 10.1. The molecule has 0 aliphatic carbocycles. The average molecular weight is 234 g/mol. The Balaban J connectivity index is 2.43. The van der Waals surface area contributed by atoms with Gasteiger partial charge in [-0.05, 0) is 19.8 Å². The van der Waals surface area contributed by atoms with Gasteiger partial charge in [-0.25, -0.2) is 12.7 Å². The molecule has 0 aromatic rings. The first-order valence-electron chi connectivity index (χ1n) is 5.69. The molecule has 5 heteroatoms. The smallest absolute Gasteiger partial charge is 0.213 e. The van der Waals surface area contributed by atoms with Gasteiger partial charge in [-0.2, -0.15) is 0 Å². The van der Waals surface area contributed by atoms with Gasteiger partial charge in [0.25, 0.3) is 0 Å². The lowest BCUT2D eigenvalue weighted by Crippen LogP contribution is -2.46. The van der Waals surface area contributed by atoms with Crippen LogP contribution >= 0.6 is 0 Å². The largest absolute Gasteiger partial charge is 0.312 e. The second-order valence-corrected chi connectivity index (χ2v) is 6.65. The van der Waals surface area contributed by atoms with E-state index in [1.165, 1.54) is 0 Å². The van der Waals surface area contributed by atoms with E-state index in [2.05, 4.69) is 19.2 Å². The zero-order valence-electron chi connectivity index (χ0n) is 9.86. The summed E-state index contributed by atoms with van der Waals surface area (Å²) in [6.45, 7) is 7.28. The van der Waals surface area contributed by atoms with E-state index in [1.807, 2.05) is 0 Å². The fourth-order valence-corrected chi connectivity index (χ4v) is 3.09. The molecule has 0 amide bonds. The highest BCUT2D eigenvalue weighted by Crippen LogP contribution is 2.14. The Kier molecular flexibility index (Phi) is 4.55. The van der Waals surface area contributed by atoms with E-state index in [1.54, 1.807) is 11.2 Å². The van der Waals surface area contributed by atoms with Gasteiger partial charge in [-0.1, -0.05) is 13.8 Å². The molecule has 4 nitrogen and oxygen atoms in total. The van der Waals surface area contributed by atoms with Gasteiger partial charge in [0.2, 0.25) is 10.0 Å². The van der Waals surface area contributed by atoms with Crippen LogP contribution in [0, 0.1) is 0 Å². The van der Waals surface area contributed by atoms with Crippen LogP contribution in [-0.2, 0) is 10.0 Å². The molecular weight excluding hydrogens is 212 g/mol. The van der Waals surface area contributed by atoms with E-state index < -0.39 is 10.0 Å². The Bertz CT molecular complexity index is 280. The summed E-state index contributed by atoms with van der Waals surface area (Å²) in [6, 6.07) is 0.956. The first-order valence-corrected chi connectivity index (χ1v) is 7.30. The van der Waals surface area contributed by atoms with Gasteiger partial charge in [0.1, 0.15) is 0 Å². The number of nitrogens with zero attached hydrogens (tertiary/aromatic N) is 1. The summed E-state index contributed by atoms with van der Waals surface area (Å²) in [7, 11) is -2.97. The third kappa shape index (κ3) is 3.74. The molecule has 15 heavy (non-hydrogen) atoms. The highest BCUT2D eigenvalue weighted by molar-refractivity contribution is 7.89. The molecule has 1 N–H and O–H groups in total. The van der Waals surface area contributed by atoms with Gasteiger partial charge in [0.15, 0.2) is 0 Å². The third-order valence-corrected chi connectivity index (χ3v) is 4.66. The summed E-state index contributed by atoms with van der Waals surface area (Å²) in [4.78, 5) is 0. The van der Waals surface area contributed by atoms with Crippen LogP contribution in [0.3, 0.4) is 0 Å². The summed E-state index contributed by atoms with van der Waals surface area (Å²) in [6.07, 6.45) is 1.86. The third-order valence-electron chi connectivity index (χ3n) is 2.78. The van der Waals surface area contributed by atoms with E-state index in [0.29, 0.717) is 25.2 Å². The molecule has 0 bridgehead atoms. The number of piperidine rings is 1. The van der Waals surface area contributed by atoms with Crippen LogP contribution in [-0.4, -0.2) is 43.6 Å². The lowest BCUT2D eigenvalue weighted by Gasteiger charge is -2.32. The highest BCUT2D eigenvalue weighted by Gasteiger charge is 2.26. The number of hydrogen-bond donors (Lipinski definition) is 1. The molecule has 0 unspecified atom stereocenters. The lowest BCUT2D eigenvalue weighted by molar-refractivity contribution is 0.280. The molecule has 1 aliphatic heterocycles. The first-order chi connectivity index (χ1) is 6.95. The minimum Gasteiger partial charge on any atom is -0.312 e. The van der Waals surface area contributed by atoms with Crippen molar-refractivity contribution in [2.24, 2.45) is 0 Å². The molecule has 0 spiro atoms. The fourth-order valence-electron chi connectivity index (χ4n) is 1.95. The van der Waals surface area contributed by atoms with Crippen LogP contribution < -0.4 is 5.32 Å². The summed E-state index contributed by atoms with van der Waals surface area (Å²) >= 11 is 0. The Morgan fingerprint density at radius 1 is 1.33 bits per heavy atom. The van der Waals surface area contributed by atoms with Gasteiger partial charge in [-0.3, -0.25) is 0 Å². The normalized spacial score (nSPS) is 21.1. The fraction of sp³-hybridized carbons (Fsp3) is 1.00. The molecule has 1 saturated heterocycles. The van der Waals surface area contributed by atoms with Crippen molar-refractivity contribution in [1.29, 1.82) is 0 Å². The van der Waals surface area contributed by atoms with Gasteiger partial charge in [0.05, 0.1) is 5.75 Å². The van der Waals surface area contributed by atoms with Crippen molar-refractivity contribution in [3.63, 3.8) is 0 Å². The number of hydrogen-bond acceptors (Lipinski definition) is 3. The minimum atomic E-state index is -2.97. The average Bonchev–Trinajstić information content (AvgIpc) is 2.18. The Morgan fingerprint density at radius 3 is 2.27 bits per heavy atom. The zero-order valence-corrected chi connectivity index (χ0v) is 10.7. The second kappa shape index (κ2) is 5.27. The van der Waals surface area contributed by atoms with E-state index in [4.69, 9.17) is 0 Å². The number of rotatable bonds is 4. The van der Waals surface area contributed by atoms with E-state index >= 15 is 0 Å². The Hall–Kier alpha value is -0.130. The van der Waals surface area contributed by atoms with Crippen LogP contribution in [0.2, 0.25) is 0 Å².